The Morgan fingerprint density at radius 1 is 1.07 bits per heavy atom. The second-order valence-electron chi connectivity index (χ2n) is 6.53. The monoisotopic (exact) mass is 424 g/mol. The fourth-order valence-corrected chi connectivity index (χ4v) is 3.29. The maximum atomic E-state index is 11.5. The van der Waals surface area contributed by atoms with Crippen LogP contribution in [0.25, 0.3) is 11.1 Å². The minimum atomic E-state index is -1.53. The van der Waals surface area contributed by atoms with Crippen LogP contribution in [0.1, 0.15) is 10.4 Å². The summed E-state index contributed by atoms with van der Waals surface area (Å²) in [5.41, 5.74) is 1.86. The van der Waals surface area contributed by atoms with Crippen molar-refractivity contribution in [2.45, 2.75) is 30.7 Å². The second kappa shape index (κ2) is 9.08. The number of carbonyl (C=O) groups is 1. The van der Waals surface area contributed by atoms with Gasteiger partial charge in [0, 0.05) is 5.56 Å². The lowest BCUT2D eigenvalue weighted by atomic mass is 9.99. The third-order valence-electron chi connectivity index (χ3n) is 4.66. The maximum Gasteiger partial charge on any atom is 0.337 e. The molecule has 0 aromatic heterocycles. The van der Waals surface area contributed by atoms with E-state index in [4.69, 9.17) is 21.1 Å². The Kier molecular flexibility index (Phi) is 6.74. The Balaban J connectivity index is 1.76. The fraction of sp³-hybridized carbons (Fsp3) is 0.350. The smallest absolute Gasteiger partial charge is 0.337 e. The van der Waals surface area contributed by atoms with Crippen LogP contribution >= 0.6 is 11.6 Å². The Labute approximate surface area is 171 Å². The minimum Gasteiger partial charge on any atom is -0.465 e. The summed E-state index contributed by atoms with van der Waals surface area (Å²) in [6.45, 7) is -0.550. The molecule has 156 valence electrons. The molecule has 5 atom stereocenters. The zero-order chi connectivity index (χ0) is 21.1. The molecule has 4 N–H and O–H groups in total. The first kappa shape index (κ1) is 21.5. The van der Waals surface area contributed by atoms with Crippen LogP contribution < -0.4 is 4.74 Å². The molecule has 1 aliphatic rings. The van der Waals surface area contributed by atoms with Crippen LogP contribution in [0.3, 0.4) is 0 Å². The highest BCUT2D eigenvalue weighted by molar-refractivity contribution is 6.33. The summed E-state index contributed by atoms with van der Waals surface area (Å²) in [6.07, 6.45) is -6.88. The van der Waals surface area contributed by atoms with Gasteiger partial charge >= 0.3 is 5.97 Å². The Hall–Kier alpha value is -2.20. The van der Waals surface area contributed by atoms with Crippen LogP contribution in [0, 0.1) is 0 Å². The number of methoxy groups -OCH3 is 1. The lowest BCUT2D eigenvalue weighted by Gasteiger charge is -2.39. The lowest BCUT2D eigenvalue weighted by Crippen LogP contribution is -2.60. The van der Waals surface area contributed by atoms with Crippen molar-refractivity contribution in [3.05, 3.63) is 53.1 Å². The van der Waals surface area contributed by atoms with E-state index in [-0.39, 0.29) is 5.75 Å². The number of halogens is 1. The number of aliphatic hydroxyl groups is 4. The highest BCUT2D eigenvalue weighted by Crippen LogP contribution is 2.33. The normalized spacial score (nSPS) is 26.8. The molecule has 0 radical (unpaired) electrons. The van der Waals surface area contributed by atoms with Crippen LogP contribution in [0.5, 0.6) is 5.75 Å². The molecule has 3 rings (SSSR count). The molecule has 1 saturated heterocycles. The Morgan fingerprint density at radius 3 is 2.34 bits per heavy atom. The van der Waals surface area contributed by atoms with Crippen molar-refractivity contribution in [2.75, 3.05) is 13.7 Å². The fourth-order valence-electron chi connectivity index (χ4n) is 3.01. The van der Waals surface area contributed by atoms with E-state index < -0.39 is 43.3 Å². The Bertz CT molecular complexity index is 854. The van der Waals surface area contributed by atoms with Gasteiger partial charge < -0.3 is 34.6 Å². The maximum absolute atomic E-state index is 11.5. The summed E-state index contributed by atoms with van der Waals surface area (Å²) < 4.78 is 15.5. The molecule has 1 aliphatic heterocycles. The SMILES string of the molecule is COC(=O)c1ccc(-c2ccc(OC3OC(CO)C(O)C(O)C3O)cc2Cl)cc1. The molecule has 0 bridgehead atoms. The zero-order valence-electron chi connectivity index (χ0n) is 15.4. The van der Waals surface area contributed by atoms with Crippen molar-refractivity contribution >= 4 is 17.6 Å². The number of hydrogen-bond donors (Lipinski definition) is 4. The largest absolute Gasteiger partial charge is 0.465 e. The summed E-state index contributed by atoms with van der Waals surface area (Å²) >= 11 is 6.35. The van der Waals surface area contributed by atoms with E-state index in [2.05, 4.69) is 4.74 Å². The van der Waals surface area contributed by atoms with Gasteiger partial charge in [-0.25, -0.2) is 4.79 Å². The number of hydrogen-bond acceptors (Lipinski definition) is 8. The van der Waals surface area contributed by atoms with Crippen LogP contribution in [0.4, 0.5) is 0 Å². The van der Waals surface area contributed by atoms with E-state index in [0.29, 0.717) is 16.1 Å². The number of aliphatic hydroxyl groups excluding tert-OH is 4. The van der Waals surface area contributed by atoms with Crippen LogP contribution in [-0.2, 0) is 9.47 Å². The first-order valence-corrected chi connectivity index (χ1v) is 9.19. The van der Waals surface area contributed by atoms with E-state index in [1.54, 1.807) is 36.4 Å². The molecule has 0 saturated carbocycles. The number of esters is 1. The van der Waals surface area contributed by atoms with Gasteiger partial charge in [0.25, 0.3) is 0 Å². The third kappa shape index (κ3) is 4.53. The lowest BCUT2D eigenvalue weighted by molar-refractivity contribution is -0.277. The quantitative estimate of drug-likeness (QED) is 0.523. The molecule has 9 heteroatoms. The van der Waals surface area contributed by atoms with Gasteiger partial charge in [-0.15, -0.1) is 0 Å². The van der Waals surface area contributed by atoms with Gasteiger partial charge in [0.2, 0.25) is 6.29 Å². The molecule has 2 aromatic rings. The zero-order valence-corrected chi connectivity index (χ0v) is 16.2. The van der Waals surface area contributed by atoms with Gasteiger partial charge in [-0.05, 0) is 35.9 Å². The van der Waals surface area contributed by atoms with Gasteiger partial charge in [-0.2, -0.15) is 0 Å². The molecule has 0 amide bonds. The molecule has 29 heavy (non-hydrogen) atoms. The minimum absolute atomic E-state index is 0.259. The van der Waals surface area contributed by atoms with Gasteiger partial charge in [0.15, 0.2) is 0 Å². The van der Waals surface area contributed by atoms with Gasteiger partial charge in [0.05, 0.1) is 24.3 Å². The van der Waals surface area contributed by atoms with Crippen molar-refractivity contribution in [2.24, 2.45) is 0 Å². The van der Waals surface area contributed by atoms with Crippen molar-refractivity contribution in [1.29, 1.82) is 0 Å². The molecule has 0 aliphatic carbocycles. The topological polar surface area (TPSA) is 126 Å². The van der Waals surface area contributed by atoms with Gasteiger partial charge in [-0.1, -0.05) is 23.7 Å². The molecule has 1 fully saturated rings. The number of benzene rings is 2. The first-order chi connectivity index (χ1) is 13.8. The molecule has 8 nitrogen and oxygen atoms in total. The predicted molar refractivity (Wildman–Crippen MR) is 103 cm³/mol. The Morgan fingerprint density at radius 2 is 1.76 bits per heavy atom. The van der Waals surface area contributed by atoms with E-state index in [1.165, 1.54) is 13.2 Å². The molecular weight excluding hydrogens is 404 g/mol. The molecule has 5 unspecified atom stereocenters. The second-order valence-corrected chi connectivity index (χ2v) is 6.93. The highest BCUT2D eigenvalue weighted by atomic mass is 35.5. The summed E-state index contributed by atoms with van der Waals surface area (Å²) in [7, 11) is 1.31. The highest BCUT2D eigenvalue weighted by Gasteiger charge is 2.44. The molecule has 2 aromatic carbocycles. The predicted octanol–water partition coefficient (Wildman–Crippen LogP) is 0.972. The van der Waals surface area contributed by atoms with Crippen molar-refractivity contribution in [3.8, 4) is 16.9 Å². The third-order valence-corrected chi connectivity index (χ3v) is 4.97. The number of ether oxygens (including phenoxy) is 3. The number of rotatable bonds is 5. The molecule has 0 spiro atoms. The van der Waals surface area contributed by atoms with Crippen molar-refractivity contribution in [1.82, 2.24) is 0 Å². The summed E-state index contributed by atoms with van der Waals surface area (Å²) in [5.74, 6) is -0.180. The van der Waals surface area contributed by atoms with Crippen LogP contribution in [0.2, 0.25) is 5.02 Å². The van der Waals surface area contributed by atoms with Gasteiger partial charge in [0.1, 0.15) is 30.2 Å². The van der Waals surface area contributed by atoms with E-state index >= 15 is 0 Å². The van der Waals surface area contributed by atoms with Crippen molar-refractivity contribution in [3.63, 3.8) is 0 Å². The van der Waals surface area contributed by atoms with Crippen LogP contribution in [-0.4, -0.2) is 70.8 Å². The number of carbonyl (C=O) groups excluding carboxylic acids is 1. The van der Waals surface area contributed by atoms with E-state index in [9.17, 15) is 25.2 Å². The van der Waals surface area contributed by atoms with E-state index in [0.717, 1.165) is 5.56 Å². The summed E-state index contributed by atoms with van der Waals surface area (Å²) in [6, 6.07) is 11.5. The average molecular weight is 425 g/mol. The molecular formula is C20H21ClO8. The van der Waals surface area contributed by atoms with Gasteiger partial charge in [-0.3, -0.25) is 0 Å². The summed E-state index contributed by atoms with van der Waals surface area (Å²) in [4.78, 5) is 11.5. The summed E-state index contributed by atoms with van der Waals surface area (Å²) in [5, 5.41) is 39.3. The standard InChI is InChI=1S/C20H21ClO8/c1-27-19(26)11-4-2-10(3-5-11)13-7-6-12(8-14(13)21)28-20-18(25)17(24)16(23)15(9-22)29-20/h2-8,15-18,20,22-25H,9H2,1H3. The van der Waals surface area contributed by atoms with E-state index in [1.807, 2.05) is 0 Å². The van der Waals surface area contributed by atoms with Crippen molar-refractivity contribution < 1.29 is 39.4 Å². The average Bonchev–Trinajstić information content (AvgIpc) is 2.74. The molecule has 1 heterocycles. The van der Waals surface area contributed by atoms with Crippen LogP contribution in [0.15, 0.2) is 42.5 Å². The first-order valence-electron chi connectivity index (χ1n) is 8.81.